The molecule has 1 aromatic carbocycles. The Hall–Kier alpha value is -2.54. The zero-order chi connectivity index (χ0) is 16.4. The SMILES string of the molecule is N#Cc1cc(F)c(-c2ncnc(C(F)F)c2Br)cc1[N+](=O)[O-]. The lowest BCUT2D eigenvalue weighted by Gasteiger charge is -2.09. The van der Waals surface area contributed by atoms with Crippen LogP contribution >= 0.6 is 15.9 Å². The lowest BCUT2D eigenvalue weighted by molar-refractivity contribution is -0.385. The van der Waals surface area contributed by atoms with Gasteiger partial charge in [0.25, 0.3) is 12.1 Å². The fourth-order valence-corrected chi connectivity index (χ4v) is 2.30. The van der Waals surface area contributed by atoms with Gasteiger partial charge in [0, 0.05) is 11.6 Å². The number of halogens is 4. The Balaban J connectivity index is 2.74. The van der Waals surface area contributed by atoms with Crippen LogP contribution in [0.2, 0.25) is 0 Å². The van der Waals surface area contributed by atoms with Crippen LogP contribution in [0.4, 0.5) is 18.9 Å². The smallest absolute Gasteiger partial charge is 0.258 e. The zero-order valence-electron chi connectivity index (χ0n) is 10.4. The van der Waals surface area contributed by atoms with Crippen LogP contribution in [0, 0.1) is 27.3 Å². The third-order valence-electron chi connectivity index (χ3n) is 2.68. The highest BCUT2D eigenvalue weighted by Gasteiger charge is 2.24. The van der Waals surface area contributed by atoms with E-state index in [9.17, 15) is 23.3 Å². The minimum Gasteiger partial charge on any atom is -0.258 e. The molecule has 0 saturated carbocycles. The monoisotopic (exact) mass is 372 g/mol. The summed E-state index contributed by atoms with van der Waals surface area (Å²) < 4.78 is 39.3. The quantitative estimate of drug-likeness (QED) is 0.603. The predicted octanol–water partition coefficient (Wildman–Crippen LogP) is 3.76. The van der Waals surface area contributed by atoms with Crippen LogP contribution in [-0.4, -0.2) is 14.9 Å². The van der Waals surface area contributed by atoms with E-state index in [0.29, 0.717) is 6.07 Å². The summed E-state index contributed by atoms with van der Waals surface area (Å²) in [4.78, 5) is 17.1. The highest BCUT2D eigenvalue weighted by Crippen LogP contribution is 2.36. The van der Waals surface area contributed by atoms with Crippen LogP contribution in [0.15, 0.2) is 22.9 Å². The third kappa shape index (κ3) is 2.75. The van der Waals surface area contributed by atoms with E-state index in [-0.39, 0.29) is 15.7 Å². The molecule has 112 valence electrons. The Morgan fingerprint density at radius 1 is 1.36 bits per heavy atom. The summed E-state index contributed by atoms with van der Waals surface area (Å²) >= 11 is 2.84. The zero-order valence-corrected chi connectivity index (χ0v) is 12.0. The first-order valence-corrected chi connectivity index (χ1v) is 6.33. The molecule has 0 unspecified atom stereocenters. The van der Waals surface area contributed by atoms with Gasteiger partial charge in [-0.3, -0.25) is 10.1 Å². The summed E-state index contributed by atoms with van der Waals surface area (Å²) in [5.41, 5.74) is -2.46. The maximum atomic E-state index is 14.0. The molecule has 1 heterocycles. The first kappa shape index (κ1) is 15.8. The Morgan fingerprint density at radius 2 is 2.05 bits per heavy atom. The molecule has 0 saturated heterocycles. The second-order valence-electron chi connectivity index (χ2n) is 3.94. The first-order chi connectivity index (χ1) is 10.4. The number of rotatable bonds is 3. The lowest BCUT2D eigenvalue weighted by Crippen LogP contribution is -2.00. The number of alkyl halides is 2. The van der Waals surface area contributed by atoms with Gasteiger partial charge in [0.15, 0.2) is 0 Å². The van der Waals surface area contributed by atoms with Crippen molar-refractivity contribution in [1.29, 1.82) is 5.26 Å². The van der Waals surface area contributed by atoms with E-state index in [1.54, 1.807) is 0 Å². The van der Waals surface area contributed by atoms with E-state index in [1.165, 1.54) is 6.07 Å². The van der Waals surface area contributed by atoms with Crippen LogP contribution in [0.3, 0.4) is 0 Å². The number of nitro benzene ring substituents is 1. The summed E-state index contributed by atoms with van der Waals surface area (Å²) in [5, 5.41) is 19.7. The highest BCUT2D eigenvalue weighted by atomic mass is 79.9. The molecule has 0 bridgehead atoms. The molecular formula is C12H4BrF3N4O2. The van der Waals surface area contributed by atoms with Gasteiger partial charge in [-0.1, -0.05) is 0 Å². The number of hydrogen-bond acceptors (Lipinski definition) is 5. The van der Waals surface area contributed by atoms with Crippen LogP contribution in [-0.2, 0) is 0 Å². The molecule has 0 aliphatic heterocycles. The van der Waals surface area contributed by atoms with Gasteiger partial charge in [-0.05, 0) is 22.0 Å². The van der Waals surface area contributed by atoms with Crippen LogP contribution < -0.4 is 0 Å². The van der Waals surface area contributed by atoms with Gasteiger partial charge in [-0.15, -0.1) is 0 Å². The van der Waals surface area contributed by atoms with Crippen LogP contribution in [0.1, 0.15) is 17.7 Å². The lowest BCUT2D eigenvalue weighted by atomic mass is 10.1. The van der Waals surface area contributed by atoms with Crippen LogP contribution in [0.5, 0.6) is 0 Å². The molecule has 0 amide bonds. The third-order valence-corrected chi connectivity index (χ3v) is 3.46. The maximum absolute atomic E-state index is 14.0. The molecule has 1 aromatic heterocycles. The number of nitro groups is 1. The summed E-state index contributed by atoms with van der Waals surface area (Å²) in [6, 6.07) is 2.93. The van der Waals surface area contributed by atoms with E-state index < -0.39 is 34.1 Å². The second kappa shape index (κ2) is 6.07. The van der Waals surface area contributed by atoms with Crippen molar-refractivity contribution in [2.24, 2.45) is 0 Å². The van der Waals surface area contributed by atoms with Gasteiger partial charge in [0.2, 0.25) is 0 Å². The fourth-order valence-electron chi connectivity index (χ4n) is 1.71. The van der Waals surface area contributed by atoms with Gasteiger partial charge < -0.3 is 0 Å². The molecule has 22 heavy (non-hydrogen) atoms. The second-order valence-corrected chi connectivity index (χ2v) is 4.73. The Bertz CT molecular complexity index is 808. The molecule has 0 aliphatic carbocycles. The van der Waals surface area contributed by atoms with Crippen molar-refractivity contribution in [3.63, 3.8) is 0 Å². The minimum absolute atomic E-state index is 0.268. The molecule has 0 radical (unpaired) electrons. The van der Waals surface area contributed by atoms with Gasteiger partial charge in [-0.25, -0.2) is 23.1 Å². The maximum Gasteiger partial charge on any atom is 0.287 e. The molecule has 2 aromatic rings. The van der Waals surface area contributed by atoms with Gasteiger partial charge in [-0.2, -0.15) is 5.26 Å². The number of nitrogens with zero attached hydrogens (tertiary/aromatic N) is 4. The number of nitriles is 1. The normalized spacial score (nSPS) is 10.5. The molecule has 0 N–H and O–H groups in total. The van der Waals surface area contributed by atoms with Crippen molar-refractivity contribution >= 4 is 21.6 Å². The van der Waals surface area contributed by atoms with E-state index in [0.717, 1.165) is 12.4 Å². The molecule has 0 atom stereocenters. The Kier molecular flexibility index (Phi) is 4.37. The van der Waals surface area contributed by atoms with E-state index in [2.05, 4.69) is 25.9 Å². The average molecular weight is 373 g/mol. The van der Waals surface area contributed by atoms with Crippen molar-refractivity contribution in [1.82, 2.24) is 9.97 Å². The minimum atomic E-state index is -2.94. The van der Waals surface area contributed by atoms with Crippen molar-refractivity contribution in [2.75, 3.05) is 0 Å². The molecule has 0 aliphatic rings. The first-order valence-electron chi connectivity index (χ1n) is 5.53. The van der Waals surface area contributed by atoms with Crippen LogP contribution in [0.25, 0.3) is 11.3 Å². The number of hydrogen-bond donors (Lipinski definition) is 0. The molecule has 2 rings (SSSR count). The average Bonchev–Trinajstić information content (AvgIpc) is 2.46. The summed E-state index contributed by atoms with van der Waals surface area (Å²) in [5.74, 6) is -0.998. The van der Waals surface area contributed by atoms with Gasteiger partial charge in [0.1, 0.15) is 29.5 Å². The van der Waals surface area contributed by atoms with Crippen molar-refractivity contribution in [2.45, 2.75) is 6.43 Å². The Labute approximate surface area is 129 Å². The topological polar surface area (TPSA) is 92.7 Å². The van der Waals surface area contributed by atoms with Gasteiger partial charge in [0.05, 0.1) is 15.1 Å². The standard InChI is InChI=1S/C12H4BrF3N4O2/c13-9-10(18-4-19-11(9)12(15)16)6-2-8(20(21)22)5(3-17)1-7(6)14/h1-2,4,12H. The molecule has 0 fully saturated rings. The molecule has 6 nitrogen and oxygen atoms in total. The predicted molar refractivity (Wildman–Crippen MR) is 71.5 cm³/mol. The highest BCUT2D eigenvalue weighted by molar-refractivity contribution is 9.10. The molecule has 0 spiro atoms. The number of benzene rings is 1. The summed E-state index contributed by atoms with van der Waals surface area (Å²) in [6.45, 7) is 0. The number of aromatic nitrogens is 2. The van der Waals surface area contributed by atoms with E-state index >= 15 is 0 Å². The Morgan fingerprint density at radius 3 is 2.59 bits per heavy atom. The van der Waals surface area contributed by atoms with Crippen molar-refractivity contribution < 1.29 is 18.1 Å². The molecular weight excluding hydrogens is 369 g/mol. The van der Waals surface area contributed by atoms with Crippen molar-refractivity contribution in [3.8, 4) is 17.3 Å². The van der Waals surface area contributed by atoms with Gasteiger partial charge >= 0.3 is 0 Å². The summed E-state index contributed by atoms with van der Waals surface area (Å²) in [7, 11) is 0. The molecule has 10 heteroatoms. The van der Waals surface area contributed by atoms with E-state index in [4.69, 9.17) is 5.26 Å². The largest absolute Gasteiger partial charge is 0.287 e. The fraction of sp³-hybridized carbons (Fsp3) is 0.0833. The summed E-state index contributed by atoms with van der Waals surface area (Å²) in [6.07, 6.45) is -2.14. The van der Waals surface area contributed by atoms with E-state index in [1.807, 2.05) is 0 Å². The van der Waals surface area contributed by atoms with Crippen molar-refractivity contribution in [3.05, 3.63) is 50.1 Å².